The Hall–Kier alpha value is -7.34. The number of anilines is 4. The van der Waals surface area contributed by atoms with Gasteiger partial charge in [0.15, 0.2) is 0 Å². The van der Waals surface area contributed by atoms with Crippen molar-refractivity contribution in [2.24, 2.45) is 0 Å². The van der Waals surface area contributed by atoms with Gasteiger partial charge in [0, 0.05) is 78.5 Å². The van der Waals surface area contributed by atoms with Gasteiger partial charge in [-0.1, -0.05) is 177 Å². The van der Waals surface area contributed by atoms with E-state index in [4.69, 9.17) is 9.72 Å². The van der Waals surface area contributed by atoms with Gasteiger partial charge in [0.2, 0.25) is 0 Å². The summed E-state index contributed by atoms with van der Waals surface area (Å²) in [6, 6.07) is 57.2. The van der Waals surface area contributed by atoms with Gasteiger partial charge in [0.25, 0.3) is 0 Å². The summed E-state index contributed by atoms with van der Waals surface area (Å²) in [6.07, 6.45) is 1.90. The first-order valence-electron chi connectivity index (χ1n) is 30.0. The molecule has 1 aliphatic heterocycles. The van der Waals surface area contributed by atoms with E-state index in [1.54, 1.807) is 0 Å². The van der Waals surface area contributed by atoms with Crippen molar-refractivity contribution in [3.63, 3.8) is 0 Å². The van der Waals surface area contributed by atoms with Crippen LogP contribution < -0.4 is 14.5 Å². The maximum atomic E-state index is 15.8. The van der Waals surface area contributed by atoms with Crippen LogP contribution in [0.1, 0.15) is 179 Å². The average molecular weight is 1310 g/mol. The molecule has 0 spiro atoms. The largest absolute Gasteiger partial charge is 0.509 e. The maximum Gasteiger partial charge on any atom is 0.135 e. The second-order valence-electron chi connectivity index (χ2n) is 26.7. The molecule has 0 atom stereocenters. The Labute approximate surface area is 518 Å². The molecule has 0 saturated heterocycles. The van der Waals surface area contributed by atoms with Gasteiger partial charge in [-0.15, -0.1) is 53.6 Å². The minimum absolute atomic E-state index is 0. The van der Waals surface area contributed by atoms with Crippen LogP contribution >= 0.6 is 0 Å². The molecule has 440 valence electrons. The Morgan fingerprint density at radius 1 is 0.494 bits per heavy atom. The number of nitrogens with zero attached hydrogens (tertiary/aromatic N) is 4. The van der Waals surface area contributed by atoms with Crippen molar-refractivity contribution in [2.75, 3.05) is 9.80 Å². The number of pyridine rings is 1. The van der Waals surface area contributed by atoms with Gasteiger partial charge in [-0.3, -0.25) is 0 Å². The van der Waals surface area contributed by atoms with Crippen LogP contribution in [0.5, 0.6) is 11.5 Å². The van der Waals surface area contributed by atoms with Crippen LogP contribution in [0.3, 0.4) is 0 Å². The Balaban J connectivity index is 0.00000803. The molecule has 0 radical (unpaired) electrons. The van der Waals surface area contributed by atoms with Gasteiger partial charge in [-0.25, -0.2) is 13.8 Å². The van der Waals surface area contributed by atoms with E-state index in [1.807, 2.05) is 12.3 Å². The van der Waals surface area contributed by atoms with Gasteiger partial charge in [0.1, 0.15) is 17.5 Å². The molecule has 3 heterocycles. The van der Waals surface area contributed by atoms with Gasteiger partial charge in [0.05, 0.1) is 0 Å². The van der Waals surface area contributed by atoms with E-state index >= 15 is 8.78 Å². The fourth-order valence-electron chi connectivity index (χ4n) is 11.9. The molecule has 8 heteroatoms. The first kappa shape index (κ1) is 60.8. The van der Waals surface area contributed by atoms with Crippen LogP contribution in [0.15, 0.2) is 152 Å². The predicted octanol–water partition coefficient (Wildman–Crippen LogP) is 22.5. The molecule has 0 N–H and O–H groups in total. The van der Waals surface area contributed by atoms with Crippen molar-refractivity contribution in [3.05, 3.63) is 221 Å². The van der Waals surface area contributed by atoms with Gasteiger partial charge in [-0.2, -0.15) is 6.07 Å². The fraction of sp³-hybridized carbons (Fsp3) is 0.299. The van der Waals surface area contributed by atoms with Crippen molar-refractivity contribution in [3.8, 4) is 50.7 Å². The van der Waals surface area contributed by atoms with E-state index in [0.29, 0.717) is 28.5 Å². The molecule has 8 aromatic carbocycles. The zero-order valence-corrected chi connectivity index (χ0v) is 54.4. The molecule has 0 aliphatic carbocycles. The number of halogens is 2. The van der Waals surface area contributed by atoms with Crippen molar-refractivity contribution in [1.82, 2.24) is 9.55 Å². The molecule has 0 saturated carbocycles. The standard InChI is InChI=1S/C77H79F2N4O.Pt/c1-45(2)50-29-51(46(3)4)31-53(30-50)67-38-57(77(14,15)16)39-68(54-32-58(78)41-59(79)33-54)75(67)82-44-81(70-23-19-20-24-71(70)82)60-34-55(74-65(48(7)8)36-52(47(5)6)37-66(74)49(9)10)35-62(42-60)84-61-25-26-64-63-21-17-18-22-69(63)83(72(64)43-61)73-40-56(27-28-80-73)76(11,12)13;/h17-41,44-49H,1-16H3;/q-3;. The summed E-state index contributed by atoms with van der Waals surface area (Å²) in [5, 5.41) is 2.15. The number of fused-ring (bicyclic) bond motifs is 4. The van der Waals surface area contributed by atoms with Crippen molar-refractivity contribution in [2.45, 2.75) is 151 Å². The number of rotatable bonds is 13. The van der Waals surface area contributed by atoms with Crippen molar-refractivity contribution in [1.29, 1.82) is 0 Å². The van der Waals surface area contributed by atoms with Crippen molar-refractivity contribution >= 4 is 44.6 Å². The average Bonchev–Trinajstić information content (AvgIpc) is 1.91. The summed E-state index contributed by atoms with van der Waals surface area (Å²) in [4.78, 5) is 9.37. The van der Waals surface area contributed by atoms with E-state index in [0.717, 1.165) is 78.7 Å². The van der Waals surface area contributed by atoms with E-state index in [1.165, 1.54) is 51.1 Å². The molecule has 2 aromatic heterocycles. The first-order chi connectivity index (χ1) is 39.8. The minimum atomic E-state index is -0.638. The minimum Gasteiger partial charge on any atom is -0.509 e. The van der Waals surface area contributed by atoms with E-state index < -0.39 is 11.6 Å². The number of benzene rings is 8. The second kappa shape index (κ2) is 23.5. The van der Waals surface area contributed by atoms with Crippen LogP contribution in [-0.2, 0) is 31.9 Å². The normalized spacial score (nSPS) is 12.9. The van der Waals surface area contributed by atoms with Crippen LogP contribution in [0, 0.1) is 30.4 Å². The summed E-state index contributed by atoms with van der Waals surface area (Å²) < 4.78 is 40.9. The second-order valence-corrected chi connectivity index (χ2v) is 26.7. The molecule has 0 amide bonds. The zero-order chi connectivity index (χ0) is 59.8. The first-order valence-corrected chi connectivity index (χ1v) is 30.0. The monoisotopic (exact) mass is 1310 g/mol. The molecule has 0 bridgehead atoms. The Kier molecular flexibility index (Phi) is 16.8. The summed E-state index contributed by atoms with van der Waals surface area (Å²) in [6.45, 7) is 38.0. The summed E-state index contributed by atoms with van der Waals surface area (Å²) in [5.74, 6) is 1.85. The van der Waals surface area contributed by atoms with E-state index in [2.05, 4.69) is 265 Å². The number of ether oxygens (including phenoxy) is 1. The zero-order valence-electron chi connectivity index (χ0n) is 52.2. The number of aromatic nitrogens is 2. The van der Waals surface area contributed by atoms with Crippen LogP contribution in [0.2, 0.25) is 0 Å². The van der Waals surface area contributed by atoms with E-state index in [9.17, 15) is 0 Å². The molecule has 0 unspecified atom stereocenters. The van der Waals surface area contributed by atoms with Gasteiger partial charge in [-0.05, 0) is 156 Å². The Morgan fingerprint density at radius 2 is 1.05 bits per heavy atom. The Bertz CT molecular complexity index is 4080. The fourth-order valence-corrected chi connectivity index (χ4v) is 11.9. The topological polar surface area (TPSA) is 33.5 Å². The number of para-hydroxylation sites is 3. The molecule has 11 rings (SSSR count). The van der Waals surface area contributed by atoms with Crippen LogP contribution in [0.25, 0.3) is 61.0 Å². The van der Waals surface area contributed by atoms with Crippen LogP contribution in [-0.4, -0.2) is 9.55 Å². The maximum absolute atomic E-state index is 15.8. The molecular weight excluding hydrogens is 1230 g/mol. The summed E-state index contributed by atoms with van der Waals surface area (Å²) >= 11 is 0. The smallest absolute Gasteiger partial charge is 0.135 e. The van der Waals surface area contributed by atoms with Crippen molar-refractivity contribution < 1.29 is 34.6 Å². The third kappa shape index (κ3) is 11.9. The molecular formula is C77H79F2N4OPt-3. The molecule has 5 nitrogen and oxygen atoms in total. The number of hydrogen-bond donors (Lipinski definition) is 0. The Morgan fingerprint density at radius 3 is 1.62 bits per heavy atom. The molecule has 10 aromatic rings. The van der Waals surface area contributed by atoms with Gasteiger partial charge >= 0.3 is 0 Å². The summed E-state index contributed by atoms with van der Waals surface area (Å²) in [7, 11) is 0. The molecule has 0 fully saturated rings. The van der Waals surface area contributed by atoms with Crippen LogP contribution in [0.4, 0.5) is 31.5 Å². The predicted molar refractivity (Wildman–Crippen MR) is 348 cm³/mol. The third-order valence-electron chi connectivity index (χ3n) is 16.8. The van der Waals surface area contributed by atoms with E-state index in [-0.39, 0.29) is 55.6 Å². The molecule has 85 heavy (non-hydrogen) atoms. The summed E-state index contributed by atoms with van der Waals surface area (Å²) in [5.41, 5.74) is 18.7. The SMILES string of the molecule is CC(C)c1cc(-c2cc(C(C)(C)C)cc(-c3cc(F)cc(F)c3)c2N2[CH-]N(c3[c-]c(Oc4[c-]c5c(cc4)c4ccccc4n5-c4cc(C(C)(C)C)ccn4)cc(-c4c(C(C)C)cc(C(C)C)cc4C(C)C)c3)c3ccccc32)cc(C(C)C)c1.[Pt]. The quantitative estimate of drug-likeness (QED) is 0.108. The molecule has 1 aliphatic rings. The third-order valence-corrected chi connectivity index (χ3v) is 16.8. The van der Waals surface area contributed by atoms with Gasteiger partial charge < -0.3 is 19.1 Å². The number of hydrogen-bond acceptors (Lipinski definition) is 4.